The molecule has 1 rings (SSSR count). The summed E-state index contributed by atoms with van der Waals surface area (Å²) in [6.45, 7) is 6.70. The van der Waals surface area contributed by atoms with Gasteiger partial charge in [0.05, 0.1) is 0 Å². The van der Waals surface area contributed by atoms with Crippen molar-refractivity contribution in [2.45, 2.75) is 19.3 Å². The van der Waals surface area contributed by atoms with Crippen LogP contribution >= 0.6 is 0 Å². The monoisotopic (exact) mass is 196 g/mol. The highest BCUT2D eigenvalue weighted by atomic mass is 16.1. The highest BCUT2D eigenvalue weighted by Crippen LogP contribution is 2.12. The minimum absolute atomic E-state index is 0.152. The maximum atomic E-state index is 11.3. The third-order valence-corrected chi connectivity index (χ3v) is 2.65. The molecule has 1 atom stereocenters. The molecule has 1 heterocycles. The van der Waals surface area contributed by atoms with Crippen molar-refractivity contribution in [3.63, 3.8) is 0 Å². The van der Waals surface area contributed by atoms with Crippen molar-refractivity contribution < 1.29 is 4.79 Å². The smallest absolute Gasteiger partial charge is 0.220 e. The fourth-order valence-corrected chi connectivity index (χ4v) is 1.77. The molecular formula is C11H20N2O. The minimum atomic E-state index is 0.152. The van der Waals surface area contributed by atoms with Gasteiger partial charge in [0, 0.05) is 19.5 Å². The fourth-order valence-electron chi connectivity index (χ4n) is 1.77. The van der Waals surface area contributed by atoms with Crippen LogP contribution in [-0.4, -0.2) is 37.5 Å². The lowest BCUT2D eigenvalue weighted by Gasteiger charge is -2.11. The molecular weight excluding hydrogens is 176 g/mol. The van der Waals surface area contributed by atoms with Gasteiger partial charge in [0.1, 0.15) is 0 Å². The molecule has 1 aliphatic rings. The molecule has 1 saturated heterocycles. The number of hydrogen-bond donors (Lipinski definition) is 1. The molecule has 1 unspecified atom stereocenters. The van der Waals surface area contributed by atoms with Crippen LogP contribution in [0.15, 0.2) is 12.7 Å². The molecule has 0 radical (unpaired) electrons. The Morgan fingerprint density at radius 2 is 2.50 bits per heavy atom. The Balaban J connectivity index is 2.08. The van der Waals surface area contributed by atoms with Gasteiger partial charge < -0.3 is 10.2 Å². The Labute approximate surface area is 86.2 Å². The minimum Gasteiger partial charge on any atom is -0.356 e. The molecule has 0 bridgehead atoms. The van der Waals surface area contributed by atoms with Gasteiger partial charge in [-0.05, 0) is 32.4 Å². The van der Waals surface area contributed by atoms with Gasteiger partial charge in [0.2, 0.25) is 5.91 Å². The first-order chi connectivity index (χ1) is 6.72. The zero-order valence-corrected chi connectivity index (χ0v) is 8.96. The van der Waals surface area contributed by atoms with Gasteiger partial charge in [-0.1, -0.05) is 6.08 Å². The van der Waals surface area contributed by atoms with Gasteiger partial charge in [0.25, 0.3) is 0 Å². The summed E-state index contributed by atoms with van der Waals surface area (Å²) in [6.07, 6.45) is 4.34. The van der Waals surface area contributed by atoms with E-state index in [-0.39, 0.29) is 5.91 Å². The van der Waals surface area contributed by atoms with Gasteiger partial charge in [0.15, 0.2) is 0 Å². The molecule has 0 spiro atoms. The first kappa shape index (κ1) is 11.2. The lowest BCUT2D eigenvalue weighted by molar-refractivity contribution is -0.121. The van der Waals surface area contributed by atoms with E-state index in [0.29, 0.717) is 12.3 Å². The molecule has 14 heavy (non-hydrogen) atoms. The van der Waals surface area contributed by atoms with E-state index >= 15 is 0 Å². The summed E-state index contributed by atoms with van der Waals surface area (Å²) in [6, 6.07) is 0. The van der Waals surface area contributed by atoms with Crippen LogP contribution in [0.4, 0.5) is 0 Å². The Hall–Kier alpha value is -0.830. The fraction of sp³-hybridized carbons (Fsp3) is 0.727. The zero-order valence-electron chi connectivity index (χ0n) is 8.96. The van der Waals surface area contributed by atoms with Crippen LogP contribution in [0.2, 0.25) is 0 Å². The topological polar surface area (TPSA) is 32.3 Å². The van der Waals surface area contributed by atoms with E-state index in [1.165, 1.54) is 6.42 Å². The number of carbonyl (C=O) groups is 1. The van der Waals surface area contributed by atoms with Crippen molar-refractivity contribution >= 4 is 5.91 Å². The number of rotatable bonds is 5. The van der Waals surface area contributed by atoms with Crippen LogP contribution in [0.1, 0.15) is 19.3 Å². The second-order valence-corrected chi connectivity index (χ2v) is 4.05. The van der Waals surface area contributed by atoms with Gasteiger partial charge >= 0.3 is 0 Å². The van der Waals surface area contributed by atoms with Crippen molar-refractivity contribution in [3.8, 4) is 0 Å². The summed E-state index contributed by atoms with van der Waals surface area (Å²) < 4.78 is 0. The van der Waals surface area contributed by atoms with Crippen LogP contribution in [0.5, 0.6) is 0 Å². The second-order valence-electron chi connectivity index (χ2n) is 4.05. The van der Waals surface area contributed by atoms with Crippen molar-refractivity contribution in [2.24, 2.45) is 5.92 Å². The van der Waals surface area contributed by atoms with Crippen molar-refractivity contribution in [3.05, 3.63) is 12.7 Å². The van der Waals surface area contributed by atoms with Gasteiger partial charge in [-0.15, -0.1) is 6.58 Å². The lowest BCUT2D eigenvalue weighted by atomic mass is 10.1. The standard InChI is InChI=1S/C11H20N2O/c1-3-4-5-11(14)12-8-10-6-7-13(2)9-10/h3,10H,1,4-9H2,2H3,(H,12,14). The molecule has 0 aromatic rings. The molecule has 0 saturated carbocycles. The summed E-state index contributed by atoms with van der Waals surface area (Å²) in [5, 5.41) is 2.97. The van der Waals surface area contributed by atoms with E-state index in [9.17, 15) is 4.79 Å². The van der Waals surface area contributed by atoms with Crippen LogP contribution < -0.4 is 5.32 Å². The van der Waals surface area contributed by atoms with E-state index in [1.807, 2.05) is 0 Å². The predicted molar refractivity (Wildman–Crippen MR) is 58.0 cm³/mol. The number of likely N-dealkylation sites (tertiary alicyclic amines) is 1. The normalized spacial score (nSPS) is 22.2. The molecule has 1 fully saturated rings. The Kier molecular flexibility index (Phi) is 4.66. The lowest BCUT2D eigenvalue weighted by Crippen LogP contribution is -2.30. The van der Waals surface area contributed by atoms with Crippen molar-refractivity contribution in [2.75, 3.05) is 26.7 Å². The quantitative estimate of drug-likeness (QED) is 0.666. The molecule has 1 amide bonds. The van der Waals surface area contributed by atoms with E-state index < -0.39 is 0 Å². The van der Waals surface area contributed by atoms with Crippen LogP contribution in [0, 0.1) is 5.92 Å². The summed E-state index contributed by atoms with van der Waals surface area (Å²) >= 11 is 0. The van der Waals surface area contributed by atoms with E-state index in [1.54, 1.807) is 6.08 Å². The molecule has 1 aliphatic heterocycles. The maximum absolute atomic E-state index is 11.3. The van der Waals surface area contributed by atoms with E-state index in [4.69, 9.17) is 0 Å². The molecule has 3 nitrogen and oxygen atoms in total. The molecule has 3 heteroatoms. The Morgan fingerprint density at radius 1 is 1.71 bits per heavy atom. The number of nitrogens with one attached hydrogen (secondary N) is 1. The third-order valence-electron chi connectivity index (χ3n) is 2.65. The number of allylic oxidation sites excluding steroid dienone is 1. The number of carbonyl (C=O) groups excluding carboxylic acids is 1. The average Bonchev–Trinajstić information content (AvgIpc) is 2.58. The SMILES string of the molecule is C=CCCC(=O)NCC1CCN(C)C1. The first-order valence-corrected chi connectivity index (χ1v) is 5.28. The molecule has 0 aromatic carbocycles. The summed E-state index contributed by atoms with van der Waals surface area (Å²) in [5.74, 6) is 0.798. The first-order valence-electron chi connectivity index (χ1n) is 5.28. The van der Waals surface area contributed by atoms with E-state index in [0.717, 1.165) is 26.1 Å². The molecule has 1 N–H and O–H groups in total. The highest BCUT2D eigenvalue weighted by molar-refractivity contribution is 5.75. The van der Waals surface area contributed by atoms with Crippen molar-refractivity contribution in [1.29, 1.82) is 0 Å². The van der Waals surface area contributed by atoms with Crippen LogP contribution in [-0.2, 0) is 4.79 Å². The molecule has 0 aliphatic carbocycles. The Bertz CT molecular complexity index is 203. The van der Waals surface area contributed by atoms with Crippen LogP contribution in [0.25, 0.3) is 0 Å². The summed E-state index contributed by atoms with van der Waals surface area (Å²) in [4.78, 5) is 13.6. The number of amides is 1. The predicted octanol–water partition coefficient (Wildman–Crippen LogP) is 1.02. The number of nitrogens with zero attached hydrogens (tertiary/aromatic N) is 1. The van der Waals surface area contributed by atoms with Gasteiger partial charge in [-0.2, -0.15) is 0 Å². The summed E-state index contributed by atoms with van der Waals surface area (Å²) in [5.41, 5.74) is 0. The highest BCUT2D eigenvalue weighted by Gasteiger charge is 2.19. The van der Waals surface area contributed by atoms with Gasteiger partial charge in [-0.25, -0.2) is 0 Å². The van der Waals surface area contributed by atoms with Gasteiger partial charge in [-0.3, -0.25) is 4.79 Å². The molecule has 80 valence electrons. The van der Waals surface area contributed by atoms with Crippen molar-refractivity contribution in [1.82, 2.24) is 10.2 Å². The zero-order chi connectivity index (χ0) is 10.4. The number of hydrogen-bond acceptors (Lipinski definition) is 2. The Morgan fingerprint density at radius 3 is 3.07 bits per heavy atom. The molecule has 0 aromatic heterocycles. The largest absolute Gasteiger partial charge is 0.356 e. The maximum Gasteiger partial charge on any atom is 0.220 e. The summed E-state index contributed by atoms with van der Waals surface area (Å²) in [7, 11) is 2.12. The second kappa shape index (κ2) is 5.81. The van der Waals surface area contributed by atoms with E-state index in [2.05, 4.69) is 23.8 Å². The third kappa shape index (κ3) is 3.92. The average molecular weight is 196 g/mol. The van der Waals surface area contributed by atoms with Crippen LogP contribution in [0.3, 0.4) is 0 Å².